The van der Waals surface area contributed by atoms with E-state index in [1.807, 2.05) is 13.8 Å². The van der Waals surface area contributed by atoms with Crippen LogP contribution in [-0.2, 0) is 15.9 Å². The van der Waals surface area contributed by atoms with Crippen molar-refractivity contribution in [1.82, 2.24) is 5.16 Å². The number of rotatable bonds is 3. The van der Waals surface area contributed by atoms with Crippen LogP contribution in [0.5, 0.6) is 0 Å². The van der Waals surface area contributed by atoms with E-state index in [4.69, 9.17) is 9.08 Å². The third-order valence-corrected chi connectivity index (χ3v) is 2.14. The lowest BCUT2D eigenvalue weighted by Crippen LogP contribution is -2.01. The summed E-state index contributed by atoms with van der Waals surface area (Å²) in [4.78, 5) is 0. The SMILES string of the molecule is CC(C)c1cc(CS(=O)(=O)O)no1. The van der Waals surface area contributed by atoms with Crippen molar-refractivity contribution in [2.24, 2.45) is 0 Å². The molecule has 0 aromatic carbocycles. The van der Waals surface area contributed by atoms with E-state index in [1.165, 1.54) is 6.07 Å². The van der Waals surface area contributed by atoms with Crippen molar-refractivity contribution in [2.45, 2.75) is 25.5 Å². The molecule has 1 aromatic rings. The van der Waals surface area contributed by atoms with Crippen LogP contribution in [0, 0.1) is 0 Å². The molecule has 0 aliphatic rings. The third kappa shape index (κ3) is 3.16. The summed E-state index contributed by atoms with van der Waals surface area (Å²) in [7, 11) is -4.01. The van der Waals surface area contributed by atoms with Gasteiger partial charge in [-0.05, 0) is 0 Å². The zero-order valence-corrected chi connectivity index (χ0v) is 8.21. The molecule has 0 spiro atoms. The fraction of sp³-hybridized carbons (Fsp3) is 0.571. The molecule has 1 heterocycles. The highest BCUT2D eigenvalue weighted by Crippen LogP contribution is 2.15. The molecule has 5 nitrogen and oxygen atoms in total. The van der Waals surface area contributed by atoms with Gasteiger partial charge in [0.2, 0.25) is 0 Å². The zero-order chi connectivity index (χ0) is 10.1. The Balaban J connectivity index is 2.81. The molecular weight excluding hydrogens is 194 g/mol. The lowest BCUT2D eigenvalue weighted by molar-refractivity contribution is 0.366. The molecule has 1 N–H and O–H groups in total. The number of nitrogens with zero attached hydrogens (tertiary/aromatic N) is 1. The van der Waals surface area contributed by atoms with Crippen molar-refractivity contribution in [1.29, 1.82) is 0 Å². The maximum atomic E-state index is 10.5. The molecule has 0 amide bonds. The van der Waals surface area contributed by atoms with Crippen molar-refractivity contribution >= 4 is 10.1 Å². The Morgan fingerprint density at radius 1 is 1.62 bits per heavy atom. The minimum absolute atomic E-state index is 0.155. The Morgan fingerprint density at radius 2 is 2.23 bits per heavy atom. The van der Waals surface area contributed by atoms with Gasteiger partial charge in [0, 0.05) is 12.0 Å². The predicted octanol–water partition coefficient (Wildman–Crippen LogP) is 1.19. The van der Waals surface area contributed by atoms with Gasteiger partial charge in [-0.2, -0.15) is 8.42 Å². The molecule has 6 heteroatoms. The normalized spacial score (nSPS) is 12.3. The van der Waals surface area contributed by atoms with Crippen molar-refractivity contribution in [2.75, 3.05) is 0 Å². The van der Waals surface area contributed by atoms with Gasteiger partial charge in [0.15, 0.2) is 0 Å². The van der Waals surface area contributed by atoms with Crippen LogP contribution in [0.1, 0.15) is 31.2 Å². The molecule has 0 atom stereocenters. The Hall–Kier alpha value is -0.880. The first-order valence-electron chi connectivity index (χ1n) is 3.79. The topological polar surface area (TPSA) is 80.4 Å². The van der Waals surface area contributed by atoms with Crippen molar-refractivity contribution in [3.63, 3.8) is 0 Å². The molecule has 0 saturated heterocycles. The van der Waals surface area contributed by atoms with E-state index in [1.54, 1.807) is 0 Å². The second kappa shape index (κ2) is 3.47. The smallest absolute Gasteiger partial charge is 0.270 e. The number of hydrogen-bond donors (Lipinski definition) is 1. The summed E-state index contributed by atoms with van der Waals surface area (Å²) in [6.07, 6.45) is 0. The summed E-state index contributed by atoms with van der Waals surface area (Å²) in [5.74, 6) is 0.268. The highest BCUT2D eigenvalue weighted by Gasteiger charge is 2.13. The van der Waals surface area contributed by atoms with E-state index >= 15 is 0 Å². The maximum Gasteiger partial charge on any atom is 0.270 e. The van der Waals surface area contributed by atoms with Gasteiger partial charge in [0.1, 0.15) is 17.2 Å². The molecule has 13 heavy (non-hydrogen) atoms. The van der Waals surface area contributed by atoms with Crippen LogP contribution in [0.25, 0.3) is 0 Å². The summed E-state index contributed by atoms with van der Waals surface area (Å²) in [6.45, 7) is 3.80. The van der Waals surface area contributed by atoms with Gasteiger partial charge >= 0.3 is 0 Å². The molecule has 74 valence electrons. The third-order valence-electron chi connectivity index (χ3n) is 1.48. The van der Waals surface area contributed by atoms with Crippen molar-refractivity contribution in [3.05, 3.63) is 17.5 Å². The highest BCUT2D eigenvalue weighted by atomic mass is 32.2. The van der Waals surface area contributed by atoms with Gasteiger partial charge in [0.05, 0.1) is 0 Å². The van der Waals surface area contributed by atoms with Crippen LogP contribution in [0.4, 0.5) is 0 Å². The largest absolute Gasteiger partial charge is 0.361 e. The van der Waals surface area contributed by atoms with Gasteiger partial charge in [-0.3, -0.25) is 4.55 Å². The highest BCUT2D eigenvalue weighted by molar-refractivity contribution is 7.84. The van der Waals surface area contributed by atoms with Crippen molar-refractivity contribution in [3.8, 4) is 0 Å². The fourth-order valence-electron chi connectivity index (χ4n) is 0.855. The minimum Gasteiger partial charge on any atom is -0.361 e. The molecule has 1 aromatic heterocycles. The summed E-state index contributed by atoms with van der Waals surface area (Å²) in [5, 5.41) is 3.51. The van der Waals surface area contributed by atoms with E-state index in [0.717, 1.165) is 0 Å². The summed E-state index contributed by atoms with van der Waals surface area (Å²) < 4.78 is 34.3. The zero-order valence-electron chi connectivity index (χ0n) is 7.39. The molecule has 0 bridgehead atoms. The lowest BCUT2D eigenvalue weighted by atomic mass is 10.1. The van der Waals surface area contributed by atoms with Gasteiger partial charge in [-0.25, -0.2) is 0 Å². The molecule has 0 saturated carbocycles. The van der Waals surface area contributed by atoms with E-state index in [0.29, 0.717) is 5.76 Å². The van der Waals surface area contributed by atoms with Gasteiger partial charge in [-0.1, -0.05) is 19.0 Å². The molecule has 0 fully saturated rings. The predicted molar refractivity (Wildman–Crippen MR) is 45.8 cm³/mol. The summed E-state index contributed by atoms with van der Waals surface area (Å²) in [5.41, 5.74) is 0.228. The van der Waals surface area contributed by atoms with Crippen LogP contribution in [0.2, 0.25) is 0 Å². The van der Waals surface area contributed by atoms with E-state index < -0.39 is 15.9 Å². The molecular formula is C7H11NO4S. The van der Waals surface area contributed by atoms with Gasteiger partial charge in [-0.15, -0.1) is 0 Å². The minimum atomic E-state index is -4.01. The van der Waals surface area contributed by atoms with Gasteiger partial charge < -0.3 is 4.52 Å². The van der Waals surface area contributed by atoms with Crippen molar-refractivity contribution < 1.29 is 17.5 Å². The lowest BCUT2D eigenvalue weighted by Gasteiger charge is -1.93. The Bertz CT molecular complexity index is 379. The maximum absolute atomic E-state index is 10.5. The average Bonchev–Trinajstić information content (AvgIpc) is 2.31. The van der Waals surface area contributed by atoms with Crippen LogP contribution < -0.4 is 0 Å². The first-order valence-corrected chi connectivity index (χ1v) is 5.40. The monoisotopic (exact) mass is 205 g/mol. The molecule has 0 unspecified atom stereocenters. The Kier molecular flexibility index (Phi) is 2.72. The van der Waals surface area contributed by atoms with Crippen LogP contribution >= 0.6 is 0 Å². The quantitative estimate of drug-likeness (QED) is 0.749. The molecule has 0 radical (unpaired) electrons. The van der Waals surface area contributed by atoms with Crippen LogP contribution in [0.15, 0.2) is 10.6 Å². The molecule has 1 rings (SSSR count). The van der Waals surface area contributed by atoms with Gasteiger partial charge in [0.25, 0.3) is 10.1 Å². The van der Waals surface area contributed by atoms with Crippen LogP contribution in [-0.4, -0.2) is 18.1 Å². The van der Waals surface area contributed by atoms with E-state index in [-0.39, 0.29) is 11.6 Å². The molecule has 0 aliphatic heterocycles. The van der Waals surface area contributed by atoms with Crippen LogP contribution in [0.3, 0.4) is 0 Å². The van der Waals surface area contributed by atoms with E-state index in [2.05, 4.69) is 5.16 Å². The summed E-state index contributed by atoms with van der Waals surface area (Å²) in [6, 6.07) is 1.53. The Morgan fingerprint density at radius 3 is 2.62 bits per heavy atom. The Labute approximate surface area is 76.5 Å². The number of aromatic nitrogens is 1. The second-order valence-corrected chi connectivity index (χ2v) is 4.55. The summed E-state index contributed by atoms with van der Waals surface area (Å²) >= 11 is 0. The fourth-order valence-corrected chi connectivity index (χ4v) is 1.37. The first kappa shape index (κ1) is 10.2. The first-order chi connectivity index (χ1) is 5.88. The molecule has 0 aliphatic carbocycles. The average molecular weight is 205 g/mol. The standard InChI is InChI=1S/C7H11NO4S/c1-5(2)7-3-6(8-12-7)4-13(9,10)11/h3,5H,4H2,1-2H3,(H,9,10,11). The number of hydrogen-bond acceptors (Lipinski definition) is 4. The van der Waals surface area contributed by atoms with E-state index in [9.17, 15) is 8.42 Å². The second-order valence-electron chi connectivity index (χ2n) is 3.10.